The van der Waals surface area contributed by atoms with Crippen molar-refractivity contribution >= 4 is 5.91 Å². The maximum Gasteiger partial charge on any atom is 0.225 e. The van der Waals surface area contributed by atoms with Crippen molar-refractivity contribution in [3.8, 4) is 0 Å². The first-order chi connectivity index (χ1) is 12.4. The fourth-order valence-electron chi connectivity index (χ4n) is 5.04. The Morgan fingerprint density at radius 1 is 1.15 bits per heavy atom. The molecule has 0 spiro atoms. The van der Waals surface area contributed by atoms with E-state index in [1.165, 1.54) is 0 Å². The van der Waals surface area contributed by atoms with E-state index in [1.807, 2.05) is 6.92 Å². The highest BCUT2D eigenvalue weighted by Gasteiger charge is 2.41. The minimum atomic E-state index is -0.631. The summed E-state index contributed by atoms with van der Waals surface area (Å²) in [6.07, 6.45) is 5.93. The average molecular weight is 367 g/mol. The van der Waals surface area contributed by atoms with Gasteiger partial charge >= 0.3 is 0 Å². The van der Waals surface area contributed by atoms with Gasteiger partial charge in [-0.2, -0.15) is 0 Å². The number of ether oxygens (including phenoxy) is 1. The summed E-state index contributed by atoms with van der Waals surface area (Å²) in [5.74, 6) is 1.25. The number of hydrogen-bond acceptors (Lipinski definition) is 4. The number of hydrogen-bond donors (Lipinski definition) is 1. The van der Waals surface area contributed by atoms with Gasteiger partial charge in [-0.1, -0.05) is 13.8 Å². The third-order valence-electron chi connectivity index (χ3n) is 6.86. The molecule has 5 heteroatoms. The summed E-state index contributed by atoms with van der Waals surface area (Å²) in [6.45, 7) is 11.6. The molecule has 1 amide bonds. The van der Waals surface area contributed by atoms with E-state index >= 15 is 0 Å². The number of amides is 1. The van der Waals surface area contributed by atoms with Gasteiger partial charge in [0.05, 0.1) is 5.60 Å². The topological polar surface area (TPSA) is 53.0 Å². The second-order valence-electron chi connectivity index (χ2n) is 9.37. The Labute approximate surface area is 159 Å². The lowest BCUT2D eigenvalue weighted by molar-refractivity contribution is -0.145. The number of aliphatic hydroxyl groups is 1. The summed E-state index contributed by atoms with van der Waals surface area (Å²) < 4.78 is 5.48. The van der Waals surface area contributed by atoms with Gasteiger partial charge in [-0.05, 0) is 64.5 Å². The Morgan fingerprint density at radius 3 is 2.42 bits per heavy atom. The van der Waals surface area contributed by atoms with Gasteiger partial charge < -0.3 is 19.6 Å². The van der Waals surface area contributed by atoms with Crippen LogP contribution in [0.1, 0.15) is 59.3 Å². The molecule has 0 saturated carbocycles. The van der Waals surface area contributed by atoms with E-state index < -0.39 is 5.60 Å². The third-order valence-corrected chi connectivity index (χ3v) is 6.86. The normalized spacial score (nSPS) is 33.0. The van der Waals surface area contributed by atoms with Crippen molar-refractivity contribution in [1.29, 1.82) is 0 Å². The number of piperidine rings is 2. The van der Waals surface area contributed by atoms with E-state index in [4.69, 9.17) is 4.74 Å². The van der Waals surface area contributed by atoms with Crippen LogP contribution in [0, 0.1) is 17.8 Å². The first-order valence-electron chi connectivity index (χ1n) is 10.7. The monoisotopic (exact) mass is 366 g/mol. The lowest BCUT2D eigenvalue weighted by Crippen LogP contribution is -2.54. The maximum absolute atomic E-state index is 13.1. The average Bonchev–Trinajstić information content (AvgIpc) is 2.63. The van der Waals surface area contributed by atoms with Crippen LogP contribution in [0.4, 0.5) is 0 Å². The first kappa shape index (κ1) is 20.1. The lowest BCUT2D eigenvalue weighted by Gasteiger charge is -2.45. The quantitative estimate of drug-likeness (QED) is 0.831. The van der Waals surface area contributed by atoms with Gasteiger partial charge in [0.1, 0.15) is 0 Å². The summed E-state index contributed by atoms with van der Waals surface area (Å²) >= 11 is 0. The zero-order chi connectivity index (χ0) is 18.7. The van der Waals surface area contributed by atoms with Crippen molar-refractivity contribution in [1.82, 2.24) is 9.80 Å². The molecule has 3 saturated heterocycles. The Hall–Kier alpha value is -0.650. The summed E-state index contributed by atoms with van der Waals surface area (Å²) in [4.78, 5) is 17.7. The Balaban J connectivity index is 1.51. The molecule has 0 aromatic heterocycles. The zero-order valence-electron chi connectivity index (χ0n) is 17.0. The molecule has 3 aliphatic heterocycles. The van der Waals surface area contributed by atoms with Gasteiger partial charge in [0, 0.05) is 44.2 Å². The van der Waals surface area contributed by atoms with Crippen LogP contribution in [-0.2, 0) is 9.53 Å². The summed E-state index contributed by atoms with van der Waals surface area (Å²) in [5.41, 5.74) is -0.631. The highest BCUT2D eigenvalue weighted by atomic mass is 16.5. The second kappa shape index (κ2) is 8.57. The second-order valence-corrected chi connectivity index (χ2v) is 9.37. The van der Waals surface area contributed by atoms with Crippen LogP contribution in [-0.4, -0.2) is 71.8 Å². The molecule has 0 unspecified atom stereocenters. The summed E-state index contributed by atoms with van der Waals surface area (Å²) in [6, 6.07) is 0.653. The van der Waals surface area contributed by atoms with Gasteiger partial charge in [-0.15, -0.1) is 0 Å². The molecule has 26 heavy (non-hydrogen) atoms. The van der Waals surface area contributed by atoms with Crippen LogP contribution >= 0.6 is 0 Å². The fourth-order valence-corrected chi connectivity index (χ4v) is 5.04. The SMILES string of the molecule is CC(C)C[C@H]1CN(C(=O)C2CCN(C3CCOCC3)CC2)CC[C@@]1(C)O. The molecule has 150 valence electrons. The van der Waals surface area contributed by atoms with E-state index in [1.54, 1.807) is 0 Å². The van der Waals surface area contributed by atoms with Crippen LogP contribution in [0.25, 0.3) is 0 Å². The largest absolute Gasteiger partial charge is 0.390 e. The highest BCUT2D eigenvalue weighted by Crippen LogP contribution is 2.34. The van der Waals surface area contributed by atoms with E-state index in [0.717, 1.165) is 65.0 Å². The van der Waals surface area contributed by atoms with E-state index in [0.29, 0.717) is 30.8 Å². The fraction of sp³-hybridized carbons (Fsp3) is 0.952. The molecule has 3 rings (SSSR count). The van der Waals surface area contributed by atoms with Gasteiger partial charge in [0.2, 0.25) is 5.91 Å². The zero-order valence-corrected chi connectivity index (χ0v) is 17.0. The van der Waals surface area contributed by atoms with Crippen molar-refractivity contribution in [2.45, 2.75) is 70.9 Å². The van der Waals surface area contributed by atoms with Crippen LogP contribution in [0.5, 0.6) is 0 Å². The van der Waals surface area contributed by atoms with Crippen molar-refractivity contribution in [2.75, 3.05) is 39.4 Å². The summed E-state index contributed by atoms with van der Waals surface area (Å²) in [5, 5.41) is 10.7. The number of carbonyl (C=O) groups is 1. The van der Waals surface area contributed by atoms with Gasteiger partial charge in [-0.25, -0.2) is 0 Å². The minimum absolute atomic E-state index is 0.175. The minimum Gasteiger partial charge on any atom is -0.390 e. The molecule has 0 aromatic carbocycles. The van der Waals surface area contributed by atoms with E-state index in [9.17, 15) is 9.90 Å². The van der Waals surface area contributed by atoms with Crippen LogP contribution < -0.4 is 0 Å². The Morgan fingerprint density at radius 2 is 1.81 bits per heavy atom. The molecular weight excluding hydrogens is 328 g/mol. The number of nitrogens with zero attached hydrogens (tertiary/aromatic N) is 2. The Kier molecular flexibility index (Phi) is 6.63. The van der Waals surface area contributed by atoms with Crippen molar-refractivity contribution in [3.63, 3.8) is 0 Å². The molecule has 3 fully saturated rings. The molecule has 5 nitrogen and oxygen atoms in total. The van der Waals surface area contributed by atoms with Crippen LogP contribution in [0.2, 0.25) is 0 Å². The number of rotatable bonds is 4. The molecule has 2 atom stereocenters. The first-order valence-corrected chi connectivity index (χ1v) is 10.7. The van der Waals surface area contributed by atoms with Gasteiger partial charge in [0.15, 0.2) is 0 Å². The van der Waals surface area contributed by atoms with Gasteiger partial charge in [0.25, 0.3) is 0 Å². The van der Waals surface area contributed by atoms with Crippen LogP contribution in [0.3, 0.4) is 0 Å². The van der Waals surface area contributed by atoms with Crippen molar-refractivity contribution in [3.05, 3.63) is 0 Å². The predicted octanol–water partition coefficient (Wildman–Crippen LogP) is 2.52. The molecule has 0 bridgehead atoms. The molecule has 0 aromatic rings. The molecule has 3 aliphatic rings. The number of carbonyl (C=O) groups excluding carboxylic acids is 1. The highest BCUT2D eigenvalue weighted by molar-refractivity contribution is 5.79. The Bertz CT molecular complexity index is 466. The van der Waals surface area contributed by atoms with Crippen LogP contribution in [0.15, 0.2) is 0 Å². The molecule has 0 radical (unpaired) electrons. The van der Waals surface area contributed by atoms with Gasteiger partial charge in [-0.3, -0.25) is 4.79 Å². The smallest absolute Gasteiger partial charge is 0.225 e. The summed E-state index contributed by atoms with van der Waals surface area (Å²) in [7, 11) is 0. The maximum atomic E-state index is 13.1. The molecular formula is C21H38N2O3. The van der Waals surface area contributed by atoms with E-state index in [-0.39, 0.29) is 11.8 Å². The van der Waals surface area contributed by atoms with Crippen molar-refractivity contribution in [2.24, 2.45) is 17.8 Å². The van der Waals surface area contributed by atoms with E-state index in [2.05, 4.69) is 23.6 Å². The molecule has 1 N–H and O–H groups in total. The van der Waals surface area contributed by atoms with Crippen molar-refractivity contribution < 1.29 is 14.6 Å². The lowest BCUT2D eigenvalue weighted by atomic mass is 9.77. The third kappa shape index (κ3) is 4.79. The molecule has 0 aliphatic carbocycles. The number of likely N-dealkylation sites (tertiary alicyclic amines) is 2. The standard InChI is InChI=1S/C21H38N2O3/c1-16(2)14-18-15-23(11-8-21(18,3)25)20(24)17-4-9-22(10-5-17)19-6-12-26-13-7-19/h16-19,25H,4-15H2,1-3H3/t18-,21+/m0/s1. The molecule has 3 heterocycles. The predicted molar refractivity (Wildman–Crippen MR) is 103 cm³/mol.